The number of nitrogens with one attached hydrogen (secondary N) is 2. The number of aromatic nitrogens is 2. The Bertz CT molecular complexity index is 1300. The van der Waals surface area contributed by atoms with Crippen LogP contribution in [-0.2, 0) is 19.0 Å². The maximum Gasteiger partial charge on any atom is 0.416 e. The number of fused-ring (bicyclic) bond motifs is 3. The van der Waals surface area contributed by atoms with Gasteiger partial charge in [0.15, 0.2) is 0 Å². The first-order chi connectivity index (χ1) is 16.2. The zero-order valence-corrected chi connectivity index (χ0v) is 20.5. The Morgan fingerprint density at radius 3 is 2.54 bits per heavy atom. The average Bonchev–Trinajstić information content (AvgIpc) is 3.28. The molecule has 0 unspecified atom stereocenters. The minimum atomic E-state index is -4.46. The highest BCUT2D eigenvalue weighted by atomic mass is 35.5. The Morgan fingerprint density at radius 1 is 1.06 bits per heavy atom. The minimum absolute atomic E-state index is 0. The summed E-state index contributed by atoms with van der Waals surface area (Å²) in [4.78, 5) is 9.45. The molecule has 0 saturated heterocycles. The molecule has 0 saturated carbocycles. The molecule has 186 valence electrons. The van der Waals surface area contributed by atoms with E-state index >= 15 is 0 Å². The molecular weight excluding hydrogens is 475 g/mol. The van der Waals surface area contributed by atoms with Crippen LogP contribution in [0.25, 0.3) is 16.5 Å². The van der Waals surface area contributed by atoms with Gasteiger partial charge in [0.2, 0.25) is 0 Å². The van der Waals surface area contributed by atoms with Crippen molar-refractivity contribution in [3.63, 3.8) is 0 Å². The van der Waals surface area contributed by atoms with Gasteiger partial charge < -0.3 is 16.4 Å². The van der Waals surface area contributed by atoms with E-state index in [0.29, 0.717) is 17.2 Å². The molecular formula is C26H29ClF3N5. The van der Waals surface area contributed by atoms with E-state index in [4.69, 9.17) is 10.7 Å². The molecule has 0 spiro atoms. The smallest absolute Gasteiger partial charge is 0.399 e. The molecule has 0 radical (unpaired) electrons. The fourth-order valence-corrected chi connectivity index (χ4v) is 5.12. The summed E-state index contributed by atoms with van der Waals surface area (Å²) in [5.74, 6) is 1.27. The highest BCUT2D eigenvalue weighted by Crippen LogP contribution is 2.39. The standard InChI is InChI=1S/C26H28F3N5.ClH/c1-14(17-10-18(26(27,28)29)12-19(30)11-17)32-25-23-13-22(16-6-8-31-9-7-16)20-4-3-5-21(20)24(23)33-15(2)34-25;/h6,10-14,31H,3-5,7-9,30H2,1-2H3,(H,32,33,34);1H/t14-;/m1./s1. The normalized spacial score (nSPS) is 16.4. The average molecular weight is 504 g/mol. The lowest BCUT2D eigenvalue weighted by atomic mass is 9.91. The van der Waals surface area contributed by atoms with E-state index in [1.807, 2.05) is 13.8 Å². The number of alkyl halides is 3. The topological polar surface area (TPSA) is 75.9 Å². The summed E-state index contributed by atoms with van der Waals surface area (Å²) in [6, 6.07) is 5.42. The number of nitrogen functional groups attached to an aromatic ring is 1. The van der Waals surface area contributed by atoms with Gasteiger partial charge in [-0.3, -0.25) is 0 Å². The summed E-state index contributed by atoms with van der Waals surface area (Å²) < 4.78 is 40.0. The summed E-state index contributed by atoms with van der Waals surface area (Å²) in [5.41, 5.74) is 11.8. The maximum atomic E-state index is 13.3. The second-order valence-electron chi connectivity index (χ2n) is 9.19. The van der Waals surface area contributed by atoms with Crippen molar-refractivity contribution < 1.29 is 13.2 Å². The van der Waals surface area contributed by atoms with Gasteiger partial charge in [-0.1, -0.05) is 6.08 Å². The van der Waals surface area contributed by atoms with Crippen LogP contribution in [0.4, 0.5) is 24.7 Å². The molecule has 5 rings (SSSR count). The van der Waals surface area contributed by atoms with Crippen LogP contribution in [0.3, 0.4) is 0 Å². The fraction of sp³-hybridized carbons (Fsp3) is 0.385. The van der Waals surface area contributed by atoms with Crippen molar-refractivity contribution in [2.24, 2.45) is 0 Å². The third kappa shape index (κ3) is 4.95. The largest absolute Gasteiger partial charge is 0.416 e. The van der Waals surface area contributed by atoms with Gasteiger partial charge >= 0.3 is 6.18 Å². The molecule has 5 nitrogen and oxygen atoms in total. The van der Waals surface area contributed by atoms with E-state index in [2.05, 4.69) is 27.8 Å². The van der Waals surface area contributed by atoms with Crippen molar-refractivity contribution in [3.05, 3.63) is 64.0 Å². The maximum absolute atomic E-state index is 13.3. The number of benzene rings is 2. The first-order valence-electron chi connectivity index (χ1n) is 11.7. The molecule has 2 heterocycles. The van der Waals surface area contributed by atoms with Gasteiger partial charge in [-0.2, -0.15) is 13.2 Å². The molecule has 4 N–H and O–H groups in total. The van der Waals surface area contributed by atoms with Crippen LogP contribution in [0, 0.1) is 6.92 Å². The van der Waals surface area contributed by atoms with E-state index in [-0.39, 0.29) is 18.1 Å². The summed E-state index contributed by atoms with van der Waals surface area (Å²) >= 11 is 0. The predicted molar refractivity (Wildman–Crippen MR) is 137 cm³/mol. The van der Waals surface area contributed by atoms with Crippen LogP contribution >= 0.6 is 12.4 Å². The lowest BCUT2D eigenvalue weighted by molar-refractivity contribution is -0.137. The van der Waals surface area contributed by atoms with Crippen molar-refractivity contribution in [1.82, 2.24) is 15.3 Å². The summed E-state index contributed by atoms with van der Waals surface area (Å²) in [6.45, 7) is 5.47. The Hall–Kier alpha value is -2.84. The van der Waals surface area contributed by atoms with Gasteiger partial charge in [-0.25, -0.2) is 9.97 Å². The molecule has 1 aliphatic carbocycles. The molecule has 1 aliphatic heterocycles. The van der Waals surface area contributed by atoms with Gasteiger partial charge in [0.1, 0.15) is 11.6 Å². The second kappa shape index (κ2) is 9.66. The third-order valence-corrected chi connectivity index (χ3v) is 6.74. The molecule has 3 aromatic rings. The number of aryl methyl sites for hydroxylation is 2. The number of nitrogens with zero attached hydrogens (tertiary/aromatic N) is 2. The van der Waals surface area contributed by atoms with E-state index in [1.165, 1.54) is 22.3 Å². The second-order valence-corrected chi connectivity index (χ2v) is 9.19. The summed E-state index contributed by atoms with van der Waals surface area (Å²) in [5, 5.41) is 7.64. The Morgan fingerprint density at radius 2 is 1.83 bits per heavy atom. The molecule has 0 fully saturated rings. The number of anilines is 2. The molecule has 1 atom stereocenters. The molecule has 1 aromatic heterocycles. The molecule has 0 amide bonds. The van der Waals surface area contributed by atoms with Crippen molar-refractivity contribution in [2.75, 3.05) is 24.1 Å². The molecule has 2 aliphatic rings. The zero-order chi connectivity index (χ0) is 24.0. The number of rotatable bonds is 4. The highest BCUT2D eigenvalue weighted by Gasteiger charge is 2.31. The highest BCUT2D eigenvalue weighted by molar-refractivity contribution is 5.96. The Balaban J connectivity index is 0.00000289. The third-order valence-electron chi connectivity index (χ3n) is 6.74. The minimum Gasteiger partial charge on any atom is -0.399 e. The summed E-state index contributed by atoms with van der Waals surface area (Å²) in [6.07, 6.45) is 1.86. The van der Waals surface area contributed by atoms with Crippen LogP contribution < -0.4 is 16.4 Å². The van der Waals surface area contributed by atoms with Crippen molar-refractivity contribution in [1.29, 1.82) is 0 Å². The molecule has 0 bridgehead atoms. The number of hydrogen-bond acceptors (Lipinski definition) is 5. The van der Waals surface area contributed by atoms with Gasteiger partial charge in [-0.05, 0) is 98.2 Å². The number of halogens is 4. The van der Waals surface area contributed by atoms with Gasteiger partial charge in [0.05, 0.1) is 17.1 Å². The van der Waals surface area contributed by atoms with E-state index in [1.54, 1.807) is 6.07 Å². The van der Waals surface area contributed by atoms with E-state index in [0.717, 1.165) is 61.8 Å². The Kier molecular flexibility index (Phi) is 6.97. The van der Waals surface area contributed by atoms with Crippen LogP contribution in [0.5, 0.6) is 0 Å². The predicted octanol–water partition coefficient (Wildman–Crippen LogP) is 6.00. The number of hydrogen-bond donors (Lipinski definition) is 3. The molecule has 9 heteroatoms. The first-order valence-corrected chi connectivity index (χ1v) is 11.7. The van der Waals surface area contributed by atoms with Gasteiger partial charge in [0, 0.05) is 17.6 Å². The van der Waals surface area contributed by atoms with E-state index in [9.17, 15) is 13.2 Å². The lowest BCUT2D eigenvalue weighted by Gasteiger charge is -2.22. The van der Waals surface area contributed by atoms with Crippen molar-refractivity contribution in [3.8, 4) is 0 Å². The van der Waals surface area contributed by atoms with Crippen LogP contribution in [0.15, 0.2) is 30.3 Å². The Labute approximate surface area is 208 Å². The zero-order valence-electron chi connectivity index (χ0n) is 19.7. The number of nitrogens with two attached hydrogens (primary N) is 1. The van der Waals surface area contributed by atoms with Crippen LogP contribution in [0.1, 0.15) is 59.4 Å². The SMILES string of the molecule is Cc1nc(N[C@H](C)c2cc(N)cc(C(F)(F)F)c2)c2cc(C3=CCNCC3)c3c(c2n1)CCC3.Cl. The lowest BCUT2D eigenvalue weighted by Crippen LogP contribution is -2.20. The molecule has 2 aromatic carbocycles. The van der Waals surface area contributed by atoms with Crippen LogP contribution in [-0.4, -0.2) is 23.1 Å². The van der Waals surface area contributed by atoms with Crippen molar-refractivity contribution >= 4 is 40.4 Å². The quantitative estimate of drug-likeness (QED) is 0.381. The fourth-order valence-electron chi connectivity index (χ4n) is 5.12. The monoisotopic (exact) mass is 503 g/mol. The van der Waals surface area contributed by atoms with Crippen LogP contribution in [0.2, 0.25) is 0 Å². The van der Waals surface area contributed by atoms with Crippen molar-refractivity contribution in [2.45, 2.75) is 51.7 Å². The van der Waals surface area contributed by atoms with E-state index < -0.39 is 17.8 Å². The summed E-state index contributed by atoms with van der Waals surface area (Å²) in [7, 11) is 0. The van der Waals surface area contributed by atoms with Gasteiger partial charge in [0.25, 0.3) is 0 Å². The first kappa shape index (κ1) is 25.3. The van der Waals surface area contributed by atoms with Gasteiger partial charge in [-0.15, -0.1) is 12.4 Å². The molecule has 35 heavy (non-hydrogen) atoms.